The first-order chi connectivity index (χ1) is 8.66. The highest BCUT2D eigenvalue weighted by Crippen LogP contribution is 2.27. The van der Waals surface area contributed by atoms with Gasteiger partial charge in [0.15, 0.2) is 5.96 Å². The number of aliphatic imine (C=N–C) groups is 2. The largest absolute Gasteiger partial charge is 0.370 e. The Morgan fingerprint density at radius 2 is 2.17 bits per heavy atom. The summed E-state index contributed by atoms with van der Waals surface area (Å²) in [5.41, 5.74) is 19.5. The maximum absolute atomic E-state index is 5.52. The van der Waals surface area contributed by atoms with Crippen LogP contribution in [0.3, 0.4) is 0 Å². The van der Waals surface area contributed by atoms with Crippen LogP contribution in [0, 0.1) is 0 Å². The fourth-order valence-corrected chi connectivity index (χ4v) is 1.92. The number of nitrogens with two attached hydrogens (primary N) is 3. The molecule has 0 atom stereocenters. The van der Waals surface area contributed by atoms with Gasteiger partial charge in [-0.15, -0.1) is 0 Å². The van der Waals surface area contributed by atoms with Crippen molar-refractivity contribution >= 4 is 17.5 Å². The van der Waals surface area contributed by atoms with Gasteiger partial charge in [0.1, 0.15) is 0 Å². The lowest BCUT2D eigenvalue weighted by atomic mass is 10.1. The molecule has 18 heavy (non-hydrogen) atoms. The van der Waals surface area contributed by atoms with Crippen LogP contribution in [0.4, 0.5) is 0 Å². The van der Waals surface area contributed by atoms with Crippen molar-refractivity contribution in [3.63, 3.8) is 0 Å². The fourth-order valence-electron chi connectivity index (χ4n) is 1.92. The lowest BCUT2D eigenvalue weighted by molar-refractivity contribution is 1.01. The predicted octanol–water partition coefficient (Wildman–Crippen LogP) is -0.000700. The zero-order valence-electron chi connectivity index (χ0n) is 10.0. The fraction of sp³-hybridized carbons (Fsp3) is 0.250. The quantitative estimate of drug-likeness (QED) is 0.512. The SMILES string of the molecule is NC(N)=NC(N)=NCCC1=CCc2ncccc21. The summed E-state index contributed by atoms with van der Waals surface area (Å²) in [6.07, 6.45) is 5.67. The summed E-state index contributed by atoms with van der Waals surface area (Å²) in [5, 5.41) is 0. The maximum atomic E-state index is 5.52. The van der Waals surface area contributed by atoms with Crippen molar-refractivity contribution in [2.45, 2.75) is 12.8 Å². The Bertz CT molecular complexity index is 525. The number of nitrogens with zero attached hydrogens (tertiary/aromatic N) is 3. The normalized spacial score (nSPS) is 14.0. The van der Waals surface area contributed by atoms with E-state index in [0.717, 1.165) is 18.5 Å². The Morgan fingerprint density at radius 1 is 1.33 bits per heavy atom. The third-order valence-electron chi connectivity index (χ3n) is 2.68. The molecule has 1 aliphatic carbocycles. The topological polar surface area (TPSA) is 116 Å². The lowest BCUT2D eigenvalue weighted by Gasteiger charge is -2.03. The van der Waals surface area contributed by atoms with Crippen molar-refractivity contribution in [1.82, 2.24) is 4.98 Å². The first kappa shape index (κ1) is 12.1. The molecule has 0 fully saturated rings. The monoisotopic (exact) mass is 244 g/mol. The average Bonchev–Trinajstić information content (AvgIpc) is 2.72. The number of aromatic nitrogens is 1. The Hall–Kier alpha value is -2.37. The third kappa shape index (κ3) is 2.85. The van der Waals surface area contributed by atoms with E-state index >= 15 is 0 Å². The van der Waals surface area contributed by atoms with E-state index in [1.807, 2.05) is 12.3 Å². The number of hydrogen-bond acceptors (Lipinski definition) is 2. The molecule has 0 aliphatic heterocycles. The second-order valence-corrected chi connectivity index (χ2v) is 3.96. The summed E-state index contributed by atoms with van der Waals surface area (Å²) in [4.78, 5) is 12.1. The van der Waals surface area contributed by atoms with E-state index in [0.29, 0.717) is 6.54 Å². The lowest BCUT2D eigenvalue weighted by Crippen LogP contribution is -2.26. The molecule has 2 rings (SSSR count). The van der Waals surface area contributed by atoms with E-state index in [2.05, 4.69) is 27.1 Å². The van der Waals surface area contributed by atoms with E-state index in [4.69, 9.17) is 17.2 Å². The minimum atomic E-state index is -0.0779. The van der Waals surface area contributed by atoms with Gasteiger partial charge in [0, 0.05) is 19.2 Å². The van der Waals surface area contributed by atoms with Gasteiger partial charge in [-0.1, -0.05) is 12.1 Å². The molecule has 6 heteroatoms. The van der Waals surface area contributed by atoms with Gasteiger partial charge in [0.25, 0.3) is 0 Å². The van der Waals surface area contributed by atoms with Crippen LogP contribution in [-0.4, -0.2) is 23.4 Å². The number of hydrogen-bond donors (Lipinski definition) is 3. The van der Waals surface area contributed by atoms with Crippen molar-refractivity contribution in [1.29, 1.82) is 0 Å². The first-order valence-corrected chi connectivity index (χ1v) is 5.69. The molecule has 6 nitrogen and oxygen atoms in total. The second-order valence-electron chi connectivity index (χ2n) is 3.96. The highest BCUT2D eigenvalue weighted by Gasteiger charge is 2.13. The van der Waals surface area contributed by atoms with Crippen LogP contribution in [-0.2, 0) is 6.42 Å². The van der Waals surface area contributed by atoms with Gasteiger partial charge in [0.2, 0.25) is 5.96 Å². The molecule has 0 amide bonds. The number of allylic oxidation sites excluding steroid dienone is 1. The minimum Gasteiger partial charge on any atom is -0.370 e. The Balaban J connectivity index is 1.95. The van der Waals surface area contributed by atoms with E-state index in [1.54, 1.807) is 0 Å². The summed E-state index contributed by atoms with van der Waals surface area (Å²) >= 11 is 0. The Kier molecular flexibility index (Phi) is 3.57. The molecule has 0 spiro atoms. The first-order valence-electron chi connectivity index (χ1n) is 5.69. The summed E-state index contributed by atoms with van der Waals surface area (Å²) < 4.78 is 0. The minimum absolute atomic E-state index is 0.0779. The van der Waals surface area contributed by atoms with Gasteiger partial charge in [-0.25, -0.2) is 0 Å². The number of fused-ring (bicyclic) bond motifs is 1. The van der Waals surface area contributed by atoms with Crippen molar-refractivity contribution in [3.8, 4) is 0 Å². The molecular weight excluding hydrogens is 228 g/mol. The van der Waals surface area contributed by atoms with Crippen molar-refractivity contribution in [2.75, 3.05) is 6.54 Å². The van der Waals surface area contributed by atoms with Crippen molar-refractivity contribution in [3.05, 3.63) is 35.7 Å². The van der Waals surface area contributed by atoms with E-state index in [9.17, 15) is 0 Å². The highest BCUT2D eigenvalue weighted by atomic mass is 15.1. The predicted molar refractivity (Wildman–Crippen MR) is 72.8 cm³/mol. The summed E-state index contributed by atoms with van der Waals surface area (Å²) in [7, 11) is 0. The van der Waals surface area contributed by atoms with Crippen LogP contribution in [0.1, 0.15) is 17.7 Å². The van der Waals surface area contributed by atoms with Gasteiger partial charge in [-0.05, 0) is 23.6 Å². The van der Waals surface area contributed by atoms with Crippen LogP contribution in [0.5, 0.6) is 0 Å². The smallest absolute Gasteiger partial charge is 0.218 e. The zero-order chi connectivity index (χ0) is 13.0. The number of guanidine groups is 2. The van der Waals surface area contributed by atoms with Gasteiger partial charge in [-0.2, -0.15) is 4.99 Å². The van der Waals surface area contributed by atoms with Crippen LogP contribution < -0.4 is 17.2 Å². The van der Waals surface area contributed by atoms with E-state index < -0.39 is 0 Å². The molecule has 1 aromatic heterocycles. The van der Waals surface area contributed by atoms with Crippen molar-refractivity contribution < 1.29 is 0 Å². The molecule has 1 aromatic rings. The number of rotatable bonds is 3. The molecule has 6 N–H and O–H groups in total. The molecular formula is C12H16N6. The highest BCUT2D eigenvalue weighted by molar-refractivity contribution is 5.92. The van der Waals surface area contributed by atoms with E-state index in [1.165, 1.54) is 11.1 Å². The van der Waals surface area contributed by atoms with Gasteiger partial charge in [0.05, 0.1) is 5.69 Å². The molecule has 1 aliphatic rings. The maximum Gasteiger partial charge on any atom is 0.218 e. The van der Waals surface area contributed by atoms with Crippen LogP contribution in [0.2, 0.25) is 0 Å². The molecule has 0 aromatic carbocycles. The van der Waals surface area contributed by atoms with Gasteiger partial charge < -0.3 is 17.2 Å². The number of pyridine rings is 1. The van der Waals surface area contributed by atoms with Gasteiger partial charge in [-0.3, -0.25) is 9.98 Å². The van der Waals surface area contributed by atoms with Crippen molar-refractivity contribution in [2.24, 2.45) is 27.2 Å². The molecule has 94 valence electrons. The standard InChI is InChI=1S/C12H16N6/c13-11(14)18-12(15)17-7-5-8-3-4-10-9(8)2-1-6-16-10/h1-3,6H,4-5,7H2,(H6,13,14,15,17,18). The Morgan fingerprint density at radius 3 is 2.94 bits per heavy atom. The molecule has 0 bridgehead atoms. The molecule has 0 saturated carbocycles. The van der Waals surface area contributed by atoms with Crippen LogP contribution >= 0.6 is 0 Å². The summed E-state index contributed by atoms with van der Waals surface area (Å²) in [6, 6.07) is 4.01. The van der Waals surface area contributed by atoms with Crippen LogP contribution in [0.25, 0.3) is 5.57 Å². The Labute approximate surface area is 105 Å². The molecule has 0 radical (unpaired) electrons. The second kappa shape index (κ2) is 5.31. The molecule has 1 heterocycles. The zero-order valence-corrected chi connectivity index (χ0v) is 10.0. The third-order valence-corrected chi connectivity index (χ3v) is 2.68. The molecule has 0 saturated heterocycles. The van der Waals surface area contributed by atoms with Crippen LogP contribution in [0.15, 0.2) is 34.4 Å². The van der Waals surface area contributed by atoms with E-state index in [-0.39, 0.29) is 11.9 Å². The molecule has 0 unspecified atom stereocenters. The average molecular weight is 244 g/mol. The van der Waals surface area contributed by atoms with Gasteiger partial charge >= 0.3 is 0 Å². The summed E-state index contributed by atoms with van der Waals surface area (Å²) in [5.74, 6) is 0.0332. The summed E-state index contributed by atoms with van der Waals surface area (Å²) in [6.45, 7) is 0.558.